The highest BCUT2D eigenvalue weighted by Crippen LogP contribution is 2.42. The molecule has 6 heteroatoms. The number of aromatic nitrogens is 3. The van der Waals surface area contributed by atoms with Crippen molar-refractivity contribution in [3.63, 3.8) is 0 Å². The van der Waals surface area contributed by atoms with Crippen LogP contribution in [0.5, 0.6) is 0 Å². The predicted molar refractivity (Wildman–Crippen MR) is 98.0 cm³/mol. The first kappa shape index (κ1) is 17.2. The zero-order chi connectivity index (χ0) is 18.3. The van der Waals surface area contributed by atoms with E-state index < -0.39 is 6.10 Å². The molecule has 0 saturated heterocycles. The molecule has 1 heterocycles. The predicted octanol–water partition coefficient (Wildman–Crippen LogP) is 2.29. The van der Waals surface area contributed by atoms with Crippen molar-refractivity contribution in [1.82, 2.24) is 20.1 Å². The van der Waals surface area contributed by atoms with Crippen LogP contribution in [-0.2, 0) is 7.05 Å². The first-order valence-electron chi connectivity index (χ1n) is 9.43. The molecule has 26 heavy (non-hydrogen) atoms. The highest BCUT2D eigenvalue weighted by atomic mass is 16.3. The molecule has 0 unspecified atom stereocenters. The number of aliphatic hydroxyl groups is 1. The van der Waals surface area contributed by atoms with Crippen LogP contribution in [-0.4, -0.2) is 38.4 Å². The van der Waals surface area contributed by atoms with Gasteiger partial charge in [-0.05, 0) is 50.2 Å². The molecule has 2 aliphatic carbocycles. The number of aryl methyl sites for hydroxylation is 2. The van der Waals surface area contributed by atoms with Gasteiger partial charge < -0.3 is 15.0 Å². The van der Waals surface area contributed by atoms with Crippen LogP contribution in [0.3, 0.4) is 0 Å². The summed E-state index contributed by atoms with van der Waals surface area (Å²) < 4.78 is 1.91. The number of nitrogens with one attached hydrogen (secondary N) is 1. The number of benzene rings is 1. The maximum Gasteiger partial charge on any atom is 0.251 e. The molecule has 2 aromatic rings. The Morgan fingerprint density at radius 2 is 2.12 bits per heavy atom. The smallest absolute Gasteiger partial charge is 0.251 e. The summed E-state index contributed by atoms with van der Waals surface area (Å²) in [6, 6.07) is 6.16. The molecule has 1 aromatic carbocycles. The van der Waals surface area contributed by atoms with Crippen LogP contribution in [0.1, 0.15) is 64.8 Å². The van der Waals surface area contributed by atoms with Gasteiger partial charge in [-0.15, -0.1) is 10.2 Å². The van der Waals surface area contributed by atoms with Gasteiger partial charge in [0, 0.05) is 31.0 Å². The lowest BCUT2D eigenvalue weighted by molar-refractivity contribution is 0.0915. The molecule has 2 fully saturated rings. The standard InChI is InChI=1S/C20H26N4O2/c1-12-3-6-16(13-4-5-13)17(7-12)20(26)21-10-15-8-14(9-18(15)25)19-23-22-11-24(19)2/h3,6-7,11,13-15,18,25H,4-5,8-10H2,1-2H3,(H,21,26)/t14-,15+,18+/m0/s1. The van der Waals surface area contributed by atoms with Crippen molar-refractivity contribution in [1.29, 1.82) is 0 Å². The molecule has 0 spiro atoms. The summed E-state index contributed by atoms with van der Waals surface area (Å²) in [4.78, 5) is 12.8. The monoisotopic (exact) mass is 354 g/mol. The van der Waals surface area contributed by atoms with Crippen LogP contribution in [0.25, 0.3) is 0 Å². The summed E-state index contributed by atoms with van der Waals surface area (Å²) in [5.74, 6) is 1.67. The van der Waals surface area contributed by atoms with E-state index in [-0.39, 0.29) is 17.7 Å². The molecule has 0 bridgehead atoms. The van der Waals surface area contributed by atoms with Crippen molar-refractivity contribution in [2.45, 2.75) is 50.5 Å². The van der Waals surface area contributed by atoms with E-state index in [1.54, 1.807) is 6.33 Å². The molecule has 2 aliphatic rings. The van der Waals surface area contributed by atoms with Crippen molar-refractivity contribution < 1.29 is 9.90 Å². The van der Waals surface area contributed by atoms with Gasteiger partial charge in [0.05, 0.1) is 6.10 Å². The van der Waals surface area contributed by atoms with E-state index in [0.717, 1.165) is 28.9 Å². The van der Waals surface area contributed by atoms with Gasteiger partial charge in [0.15, 0.2) is 0 Å². The van der Waals surface area contributed by atoms with E-state index in [1.165, 1.54) is 12.8 Å². The Morgan fingerprint density at radius 1 is 1.31 bits per heavy atom. The maximum atomic E-state index is 12.8. The van der Waals surface area contributed by atoms with Crippen LogP contribution in [0.4, 0.5) is 0 Å². The fourth-order valence-corrected chi connectivity index (χ4v) is 4.13. The third kappa shape index (κ3) is 3.38. The molecular formula is C20H26N4O2. The minimum Gasteiger partial charge on any atom is -0.393 e. The second-order valence-electron chi connectivity index (χ2n) is 7.87. The minimum absolute atomic E-state index is 0.0232. The second kappa shape index (κ2) is 6.83. The first-order valence-corrected chi connectivity index (χ1v) is 9.43. The summed E-state index contributed by atoms with van der Waals surface area (Å²) in [6.07, 6.45) is 5.10. The van der Waals surface area contributed by atoms with E-state index >= 15 is 0 Å². The third-order valence-electron chi connectivity index (χ3n) is 5.76. The zero-order valence-electron chi connectivity index (χ0n) is 15.4. The number of rotatable bonds is 5. The molecule has 138 valence electrons. The topological polar surface area (TPSA) is 80.0 Å². The van der Waals surface area contributed by atoms with Crippen LogP contribution in [0, 0.1) is 12.8 Å². The van der Waals surface area contributed by atoms with Gasteiger partial charge >= 0.3 is 0 Å². The fourth-order valence-electron chi connectivity index (χ4n) is 4.13. The Kier molecular flexibility index (Phi) is 4.53. The molecular weight excluding hydrogens is 328 g/mol. The summed E-state index contributed by atoms with van der Waals surface area (Å²) in [6.45, 7) is 2.51. The first-order chi connectivity index (χ1) is 12.5. The number of hydrogen-bond donors (Lipinski definition) is 2. The van der Waals surface area contributed by atoms with E-state index in [0.29, 0.717) is 18.9 Å². The zero-order valence-corrected chi connectivity index (χ0v) is 15.4. The van der Waals surface area contributed by atoms with Crippen LogP contribution in [0.2, 0.25) is 0 Å². The van der Waals surface area contributed by atoms with E-state index in [9.17, 15) is 9.90 Å². The van der Waals surface area contributed by atoms with Gasteiger partial charge in [0.2, 0.25) is 0 Å². The maximum absolute atomic E-state index is 12.8. The average molecular weight is 354 g/mol. The third-order valence-corrected chi connectivity index (χ3v) is 5.76. The van der Waals surface area contributed by atoms with Crippen LogP contribution in [0.15, 0.2) is 24.5 Å². The highest BCUT2D eigenvalue weighted by Gasteiger charge is 2.36. The molecule has 4 rings (SSSR count). The Bertz CT molecular complexity index is 812. The van der Waals surface area contributed by atoms with E-state index in [1.807, 2.05) is 24.6 Å². The lowest BCUT2D eigenvalue weighted by Crippen LogP contribution is -2.33. The lowest BCUT2D eigenvalue weighted by atomic mass is 9.99. The SMILES string of the molecule is Cc1ccc(C2CC2)c(C(=O)NC[C@H]2C[C@H](c3nncn3C)C[C@H]2O)c1. The van der Waals surface area contributed by atoms with Crippen molar-refractivity contribution in [2.75, 3.05) is 6.54 Å². The molecule has 3 atom stereocenters. The van der Waals surface area contributed by atoms with Crippen LogP contribution >= 0.6 is 0 Å². The number of carbonyl (C=O) groups is 1. The fraction of sp³-hybridized carbons (Fsp3) is 0.550. The lowest BCUT2D eigenvalue weighted by Gasteiger charge is -2.16. The molecule has 2 saturated carbocycles. The van der Waals surface area contributed by atoms with Crippen molar-refractivity contribution in [3.05, 3.63) is 47.0 Å². The second-order valence-corrected chi connectivity index (χ2v) is 7.87. The molecule has 1 aromatic heterocycles. The number of amides is 1. The largest absolute Gasteiger partial charge is 0.393 e. The minimum atomic E-state index is -0.419. The van der Waals surface area contributed by atoms with Crippen molar-refractivity contribution in [3.8, 4) is 0 Å². The normalized spacial score (nSPS) is 25.4. The quantitative estimate of drug-likeness (QED) is 0.863. The Labute approximate surface area is 153 Å². The molecule has 1 amide bonds. The number of hydrogen-bond acceptors (Lipinski definition) is 4. The van der Waals surface area contributed by atoms with Crippen molar-refractivity contribution in [2.24, 2.45) is 13.0 Å². The van der Waals surface area contributed by atoms with Gasteiger partial charge in [-0.2, -0.15) is 0 Å². The number of carbonyl (C=O) groups excluding carboxylic acids is 1. The molecule has 2 N–H and O–H groups in total. The molecule has 6 nitrogen and oxygen atoms in total. The summed E-state index contributed by atoms with van der Waals surface area (Å²) in [5, 5.41) is 21.6. The summed E-state index contributed by atoms with van der Waals surface area (Å²) in [5.41, 5.74) is 3.06. The van der Waals surface area contributed by atoms with Gasteiger partial charge in [0.25, 0.3) is 5.91 Å². The van der Waals surface area contributed by atoms with Crippen LogP contribution < -0.4 is 5.32 Å². The summed E-state index contributed by atoms with van der Waals surface area (Å²) >= 11 is 0. The highest BCUT2D eigenvalue weighted by molar-refractivity contribution is 5.96. The van der Waals surface area contributed by atoms with Crippen molar-refractivity contribution >= 4 is 5.91 Å². The number of aliphatic hydroxyl groups excluding tert-OH is 1. The van der Waals surface area contributed by atoms with E-state index in [2.05, 4.69) is 27.6 Å². The Hall–Kier alpha value is -2.21. The molecule has 0 radical (unpaired) electrons. The molecule has 0 aliphatic heterocycles. The van der Waals surface area contributed by atoms with Gasteiger partial charge in [-0.3, -0.25) is 4.79 Å². The Balaban J connectivity index is 1.41. The number of nitrogens with zero attached hydrogens (tertiary/aromatic N) is 3. The summed E-state index contributed by atoms with van der Waals surface area (Å²) in [7, 11) is 1.92. The Morgan fingerprint density at radius 3 is 2.81 bits per heavy atom. The van der Waals surface area contributed by atoms with Gasteiger partial charge in [-0.1, -0.05) is 17.7 Å². The van der Waals surface area contributed by atoms with Gasteiger partial charge in [0.1, 0.15) is 12.2 Å². The average Bonchev–Trinajstić information content (AvgIpc) is 3.27. The van der Waals surface area contributed by atoms with E-state index in [4.69, 9.17) is 0 Å². The van der Waals surface area contributed by atoms with Gasteiger partial charge in [-0.25, -0.2) is 0 Å².